The molecule has 0 amide bonds. The number of aryl methyl sites for hydroxylation is 1. The number of nitrogens with zero attached hydrogens (tertiary/aromatic N) is 5. The third-order valence-corrected chi connectivity index (χ3v) is 4.90. The summed E-state index contributed by atoms with van der Waals surface area (Å²) >= 11 is 0. The molecule has 4 heterocycles. The van der Waals surface area contributed by atoms with Gasteiger partial charge in [-0.25, -0.2) is 9.97 Å². The van der Waals surface area contributed by atoms with Gasteiger partial charge in [0, 0.05) is 13.1 Å². The summed E-state index contributed by atoms with van der Waals surface area (Å²) in [6, 6.07) is 11.7. The number of anilines is 1. The van der Waals surface area contributed by atoms with Crippen molar-refractivity contribution in [2.45, 2.75) is 25.7 Å². The first-order valence-corrected chi connectivity index (χ1v) is 9.13. The zero-order valence-corrected chi connectivity index (χ0v) is 15.0. The minimum atomic E-state index is 0.212. The molecule has 27 heavy (non-hydrogen) atoms. The largest absolute Gasteiger partial charge is 0.460 e. The molecule has 0 aliphatic carbocycles. The Hall–Kier alpha value is -3.22. The van der Waals surface area contributed by atoms with Gasteiger partial charge >= 0.3 is 0 Å². The number of hydrogen-bond acceptors (Lipinski definition) is 7. The van der Waals surface area contributed by atoms with Gasteiger partial charge in [-0.3, -0.25) is 0 Å². The van der Waals surface area contributed by atoms with Crippen LogP contribution in [0.4, 0.5) is 5.95 Å². The Labute approximate surface area is 156 Å². The molecular weight excluding hydrogens is 342 g/mol. The van der Waals surface area contributed by atoms with Gasteiger partial charge in [-0.2, -0.15) is 5.10 Å². The molecular formula is C20H19N5O2. The molecule has 0 bridgehead atoms. The first kappa shape index (κ1) is 16.0. The zero-order chi connectivity index (χ0) is 18.2. The number of piperidine rings is 1. The molecule has 0 radical (unpaired) electrons. The van der Waals surface area contributed by atoms with Gasteiger partial charge in [0.2, 0.25) is 5.95 Å². The van der Waals surface area contributed by atoms with Gasteiger partial charge in [0.1, 0.15) is 17.0 Å². The Morgan fingerprint density at radius 1 is 1.07 bits per heavy atom. The number of aromatic nitrogens is 4. The smallest absolute Gasteiger partial charge is 0.246 e. The number of hydrogen-bond donors (Lipinski definition) is 0. The van der Waals surface area contributed by atoms with Crippen LogP contribution in [0.3, 0.4) is 0 Å². The van der Waals surface area contributed by atoms with Crippen molar-refractivity contribution in [3.8, 4) is 11.5 Å². The van der Waals surface area contributed by atoms with Gasteiger partial charge in [-0.15, -0.1) is 5.10 Å². The second-order valence-corrected chi connectivity index (χ2v) is 6.86. The van der Waals surface area contributed by atoms with E-state index in [1.165, 1.54) is 0 Å². The average Bonchev–Trinajstić information content (AvgIpc) is 3.34. The molecule has 0 spiro atoms. The highest BCUT2D eigenvalue weighted by molar-refractivity contribution is 5.72. The van der Waals surface area contributed by atoms with Crippen LogP contribution in [-0.2, 0) is 0 Å². The van der Waals surface area contributed by atoms with E-state index < -0.39 is 0 Å². The fraction of sp³-hybridized carbons (Fsp3) is 0.300. The van der Waals surface area contributed by atoms with Crippen LogP contribution in [0.1, 0.15) is 30.4 Å². The van der Waals surface area contributed by atoms with Crippen LogP contribution in [0, 0.1) is 6.92 Å². The minimum Gasteiger partial charge on any atom is -0.460 e. The van der Waals surface area contributed by atoms with Crippen molar-refractivity contribution < 1.29 is 8.83 Å². The Bertz CT molecular complexity index is 1050. The highest BCUT2D eigenvalue weighted by Crippen LogP contribution is 2.30. The highest BCUT2D eigenvalue weighted by atomic mass is 16.3. The van der Waals surface area contributed by atoms with E-state index in [0.717, 1.165) is 48.7 Å². The number of para-hydroxylation sites is 2. The third-order valence-electron chi connectivity index (χ3n) is 4.90. The monoisotopic (exact) mass is 361 g/mol. The lowest BCUT2D eigenvalue weighted by atomic mass is 9.98. The lowest BCUT2D eigenvalue weighted by Gasteiger charge is -2.30. The van der Waals surface area contributed by atoms with Crippen LogP contribution >= 0.6 is 0 Å². The topological polar surface area (TPSA) is 81.1 Å². The van der Waals surface area contributed by atoms with Gasteiger partial charge in [0.05, 0.1) is 12.1 Å². The molecule has 1 aromatic carbocycles. The van der Waals surface area contributed by atoms with E-state index in [2.05, 4.69) is 25.1 Å². The van der Waals surface area contributed by atoms with E-state index in [-0.39, 0.29) is 5.92 Å². The molecule has 7 nitrogen and oxygen atoms in total. The molecule has 5 rings (SSSR count). The summed E-state index contributed by atoms with van der Waals surface area (Å²) in [6.07, 6.45) is 3.69. The summed E-state index contributed by atoms with van der Waals surface area (Å²) in [5.41, 5.74) is 2.42. The summed E-state index contributed by atoms with van der Waals surface area (Å²) in [7, 11) is 0. The van der Waals surface area contributed by atoms with E-state index in [0.29, 0.717) is 17.4 Å². The van der Waals surface area contributed by atoms with Gasteiger partial charge < -0.3 is 13.7 Å². The van der Waals surface area contributed by atoms with Crippen molar-refractivity contribution in [2.75, 3.05) is 18.0 Å². The molecule has 1 fully saturated rings. The second kappa shape index (κ2) is 6.50. The van der Waals surface area contributed by atoms with Gasteiger partial charge in [0.25, 0.3) is 0 Å². The lowest BCUT2D eigenvalue weighted by molar-refractivity contribution is 0.410. The lowest BCUT2D eigenvalue weighted by Crippen LogP contribution is -2.35. The minimum absolute atomic E-state index is 0.212. The molecule has 1 unspecified atom stereocenters. The number of fused-ring (bicyclic) bond motifs is 1. The highest BCUT2D eigenvalue weighted by Gasteiger charge is 2.27. The number of furan rings is 1. The quantitative estimate of drug-likeness (QED) is 0.546. The van der Waals surface area contributed by atoms with E-state index in [9.17, 15) is 0 Å². The normalized spacial score (nSPS) is 17.5. The van der Waals surface area contributed by atoms with Gasteiger partial charge in [-0.1, -0.05) is 12.1 Å². The first-order chi connectivity index (χ1) is 13.3. The molecule has 0 saturated carbocycles. The van der Waals surface area contributed by atoms with Crippen LogP contribution in [0.5, 0.6) is 0 Å². The summed E-state index contributed by atoms with van der Waals surface area (Å²) in [6.45, 7) is 3.56. The SMILES string of the molecule is Cc1ccc(-c2cnnc(N3CCCC(c4nc5ccccc5o4)C3)n2)o1. The molecule has 1 atom stereocenters. The Kier molecular flexibility index (Phi) is 3.85. The van der Waals surface area contributed by atoms with Crippen molar-refractivity contribution in [1.82, 2.24) is 20.2 Å². The van der Waals surface area contributed by atoms with Crippen LogP contribution in [0.2, 0.25) is 0 Å². The van der Waals surface area contributed by atoms with Crippen molar-refractivity contribution in [2.24, 2.45) is 0 Å². The molecule has 136 valence electrons. The van der Waals surface area contributed by atoms with Crippen molar-refractivity contribution in [3.63, 3.8) is 0 Å². The fourth-order valence-corrected chi connectivity index (χ4v) is 3.54. The van der Waals surface area contributed by atoms with Crippen LogP contribution < -0.4 is 4.90 Å². The van der Waals surface area contributed by atoms with E-state index in [1.54, 1.807) is 6.20 Å². The fourth-order valence-electron chi connectivity index (χ4n) is 3.54. The zero-order valence-electron chi connectivity index (χ0n) is 15.0. The Morgan fingerprint density at radius 3 is 2.85 bits per heavy atom. The first-order valence-electron chi connectivity index (χ1n) is 9.13. The van der Waals surface area contributed by atoms with Crippen LogP contribution in [0.15, 0.2) is 51.4 Å². The van der Waals surface area contributed by atoms with Crippen molar-refractivity contribution >= 4 is 17.0 Å². The van der Waals surface area contributed by atoms with E-state index in [1.807, 2.05) is 43.3 Å². The van der Waals surface area contributed by atoms with Crippen LogP contribution in [-0.4, -0.2) is 33.3 Å². The average molecular weight is 361 g/mol. The predicted octanol–water partition coefficient (Wildman–Crippen LogP) is 3.97. The van der Waals surface area contributed by atoms with Gasteiger partial charge in [-0.05, 0) is 44.0 Å². The molecule has 0 N–H and O–H groups in total. The maximum Gasteiger partial charge on any atom is 0.246 e. The summed E-state index contributed by atoms with van der Waals surface area (Å²) in [5, 5.41) is 8.36. The molecule has 3 aromatic heterocycles. The second-order valence-electron chi connectivity index (χ2n) is 6.86. The van der Waals surface area contributed by atoms with Crippen molar-refractivity contribution in [1.29, 1.82) is 0 Å². The third kappa shape index (κ3) is 3.05. The van der Waals surface area contributed by atoms with Crippen LogP contribution in [0.25, 0.3) is 22.6 Å². The molecule has 1 aliphatic rings. The number of rotatable bonds is 3. The standard InChI is InChI=1S/C20H19N5O2/c1-13-8-9-18(26-13)16-11-21-24-20(23-16)25-10-4-5-14(12-25)19-22-15-6-2-3-7-17(15)27-19/h2-3,6-9,11,14H,4-5,10,12H2,1H3. The van der Waals surface area contributed by atoms with Crippen molar-refractivity contribution in [3.05, 3.63) is 54.2 Å². The Morgan fingerprint density at radius 2 is 2.00 bits per heavy atom. The molecule has 1 aliphatic heterocycles. The summed E-state index contributed by atoms with van der Waals surface area (Å²) < 4.78 is 11.6. The maximum absolute atomic E-state index is 5.98. The van der Waals surface area contributed by atoms with E-state index >= 15 is 0 Å². The summed E-state index contributed by atoms with van der Waals surface area (Å²) in [4.78, 5) is 11.5. The molecule has 7 heteroatoms. The number of oxazole rings is 1. The predicted molar refractivity (Wildman–Crippen MR) is 100 cm³/mol. The Balaban J connectivity index is 1.41. The molecule has 4 aromatic rings. The van der Waals surface area contributed by atoms with E-state index in [4.69, 9.17) is 8.83 Å². The van der Waals surface area contributed by atoms with Gasteiger partial charge in [0.15, 0.2) is 17.2 Å². The maximum atomic E-state index is 5.98. The number of benzene rings is 1. The molecule has 1 saturated heterocycles. The summed E-state index contributed by atoms with van der Waals surface area (Å²) in [5.74, 6) is 3.16.